The summed E-state index contributed by atoms with van der Waals surface area (Å²) in [5.41, 5.74) is 9.13. The molecule has 1 aliphatic rings. The third-order valence-corrected chi connectivity index (χ3v) is 5.62. The van der Waals surface area contributed by atoms with Gasteiger partial charge < -0.3 is 0 Å². The van der Waals surface area contributed by atoms with Gasteiger partial charge in [0.1, 0.15) is 0 Å². The van der Waals surface area contributed by atoms with E-state index in [4.69, 9.17) is 0 Å². The fraction of sp³-hybridized carbons (Fsp3) is 0.238. The molecule has 0 heterocycles. The topological polar surface area (TPSA) is 0 Å². The van der Waals surface area contributed by atoms with E-state index >= 15 is 0 Å². The van der Waals surface area contributed by atoms with Crippen LogP contribution in [0.5, 0.6) is 0 Å². The minimum Gasteiger partial charge on any atom is -0.103 e. The predicted molar refractivity (Wildman–Crippen MR) is 193 cm³/mol. The predicted octanol–water partition coefficient (Wildman–Crippen LogP) is 13.3. The molecule has 0 unspecified atom stereocenters. The van der Waals surface area contributed by atoms with E-state index in [1.807, 2.05) is 58.1 Å². The second-order valence-corrected chi connectivity index (χ2v) is 9.15. The first-order valence-corrected chi connectivity index (χ1v) is 15.4. The maximum Gasteiger partial charge on any atom is -0.0163 e. The Bertz CT molecular complexity index is 1250. The molecule has 42 heavy (non-hydrogen) atoms. The zero-order valence-corrected chi connectivity index (χ0v) is 27.5. The van der Waals surface area contributed by atoms with Crippen molar-refractivity contribution in [2.45, 2.75) is 68.2 Å². The summed E-state index contributed by atoms with van der Waals surface area (Å²) in [5.74, 6) is 0. The van der Waals surface area contributed by atoms with E-state index in [2.05, 4.69) is 150 Å². The first-order valence-electron chi connectivity index (χ1n) is 15.4. The molecule has 0 aromatic heterocycles. The second-order valence-electron chi connectivity index (χ2n) is 9.15. The van der Waals surface area contributed by atoms with Crippen LogP contribution in [0.4, 0.5) is 0 Å². The molecule has 5 rings (SSSR count). The Morgan fingerprint density at radius 1 is 0.500 bits per heavy atom. The highest BCUT2D eigenvalue weighted by Gasteiger charge is 1.98. The van der Waals surface area contributed by atoms with Crippen molar-refractivity contribution < 1.29 is 0 Å². The van der Waals surface area contributed by atoms with Crippen LogP contribution in [0, 0.1) is 20.8 Å². The van der Waals surface area contributed by atoms with Crippen molar-refractivity contribution >= 4 is 0 Å². The van der Waals surface area contributed by atoms with Gasteiger partial charge in [0.25, 0.3) is 0 Å². The molecule has 0 radical (unpaired) electrons. The van der Waals surface area contributed by atoms with E-state index in [9.17, 15) is 0 Å². The van der Waals surface area contributed by atoms with Gasteiger partial charge in [0.05, 0.1) is 0 Å². The van der Waals surface area contributed by atoms with Crippen LogP contribution in [0.2, 0.25) is 0 Å². The van der Waals surface area contributed by atoms with Gasteiger partial charge in [-0.1, -0.05) is 197 Å². The summed E-state index contributed by atoms with van der Waals surface area (Å²) in [6, 6.07) is 36.1. The molecule has 0 amide bonds. The number of aryl methyl sites for hydroxylation is 3. The van der Waals surface area contributed by atoms with E-state index in [-0.39, 0.29) is 0 Å². The fourth-order valence-electron chi connectivity index (χ4n) is 3.75. The van der Waals surface area contributed by atoms with Crippen molar-refractivity contribution in [2.75, 3.05) is 0 Å². The van der Waals surface area contributed by atoms with Gasteiger partial charge in [-0.05, 0) is 55.9 Å². The Morgan fingerprint density at radius 2 is 0.905 bits per heavy atom. The van der Waals surface area contributed by atoms with E-state index < -0.39 is 0 Å². The molecule has 1 aliphatic carbocycles. The summed E-state index contributed by atoms with van der Waals surface area (Å²) in [4.78, 5) is 0. The number of benzene rings is 4. The second kappa shape index (κ2) is 25.8. The average Bonchev–Trinajstić information content (AvgIpc) is 3.38. The lowest BCUT2D eigenvalue weighted by Crippen LogP contribution is -1.81. The maximum absolute atomic E-state index is 3.48. The van der Waals surface area contributed by atoms with Crippen molar-refractivity contribution in [3.05, 3.63) is 169 Å². The van der Waals surface area contributed by atoms with E-state index in [0.29, 0.717) is 0 Å². The summed E-state index contributed by atoms with van der Waals surface area (Å²) in [7, 11) is 0. The molecule has 0 saturated carbocycles. The largest absolute Gasteiger partial charge is 0.103 e. The third-order valence-electron chi connectivity index (χ3n) is 5.62. The van der Waals surface area contributed by atoms with Crippen LogP contribution in [0.25, 0.3) is 22.3 Å². The Kier molecular flexibility index (Phi) is 23.2. The van der Waals surface area contributed by atoms with Gasteiger partial charge in [-0.3, -0.25) is 0 Å². The highest BCUT2D eigenvalue weighted by Crippen LogP contribution is 2.21. The number of rotatable bonds is 3. The van der Waals surface area contributed by atoms with Crippen LogP contribution in [-0.4, -0.2) is 0 Å². The normalized spacial score (nSPS) is 10.2. The smallest absolute Gasteiger partial charge is 0.0163 e. The van der Waals surface area contributed by atoms with Crippen molar-refractivity contribution in [1.29, 1.82) is 0 Å². The van der Waals surface area contributed by atoms with Crippen LogP contribution in [0.1, 0.15) is 64.2 Å². The molecule has 4 aromatic rings. The highest BCUT2D eigenvalue weighted by atomic mass is 14.0. The van der Waals surface area contributed by atoms with Gasteiger partial charge >= 0.3 is 0 Å². The monoisotopic (exact) mass is 558 g/mol. The molecule has 222 valence electrons. The SMILES string of the molecule is C1=CC=CCC=C1.C=CCC.CC.CC.Cc1cc(C)cc(-c2ccccc2)c1.Cc1cccc(-c2ccccc2)c1. The van der Waals surface area contributed by atoms with Gasteiger partial charge in [-0.25, -0.2) is 0 Å². The van der Waals surface area contributed by atoms with Gasteiger partial charge in [0.2, 0.25) is 0 Å². The Labute approximate surface area is 258 Å². The molecule has 0 nitrogen and oxygen atoms in total. The third kappa shape index (κ3) is 17.5. The first-order chi connectivity index (χ1) is 20.5. The molecule has 4 aromatic carbocycles. The van der Waals surface area contributed by atoms with Gasteiger partial charge in [0, 0.05) is 0 Å². The van der Waals surface area contributed by atoms with Gasteiger partial charge in [0.15, 0.2) is 0 Å². The van der Waals surface area contributed by atoms with E-state index in [1.54, 1.807) is 0 Å². The van der Waals surface area contributed by atoms with Crippen LogP contribution in [0.3, 0.4) is 0 Å². The van der Waals surface area contributed by atoms with Crippen LogP contribution in [0.15, 0.2) is 152 Å². The van der Waals surface area contributed by atoms with E-state index in [1.165, 1.54) is 38.9 Å². The van der Waals surface area contributed by atoms with Crippen LogP contribution < -0.4 is 0 Å². The van der Waals surface area contributed by atoms with Crippen molar-refractivity contribution in [2.24, 2.45) is 0 Å². The Hall–Kier alpha value is -4.16. The standard InChI is InChI=1S/C14H14.C13H12.C7H8.C4H8.2C2H6/c1-11-8-12(2)10-14(9-11)13-6-4-3-5-7-13;1-11-6-5-9-13(10-11)12-7-3-2-4-8-12;1-2-4-6-7-5-3-1;1-3-4-2;2*1-2/h3-10H,1-2H3;2-10H,1H3;1-6H,7H2;3H,1,4H2,2H3;2*1-2H3. The molecule has 0 fully saturated rings. The molecule has 0 aliphatic heterocycles. The highest BCUT2D eigenvalue weighted by molar-refractivity contribution is 5.65. The molecule has 0 N–H and O–H groups in total. The zero-order chi connectivity index (χ0) is 31.4. The molecular formula is C42H54. The lowest BCUT2D eigenvalue weighted by Gasteiger charge is -2.04. The molecule has 0 atom stereocenters. The number of hydrogen-bond acceptors (Lipinski definition) is 0. The molecular weight excluding hydrogens is 504 g/mol. The maximum atomic E-state index is 3.48. The van der Waals surface area contributed by atoms with Crippen LogP contribution >= 0.6 is 0 Å². The zero-order valence-electron chi connectivity index (χ0n) is 27.5. The van der Waals surface area contributed by atoms with Crippen molar-refractivity contribution in [3.8, 4) is 22.3 Å². The molecule has 0 spiro atoms. The fourth-order valence-corrected chi connectivity index (χ4v) is 3.75. The summed E-state index contributed by atoms with van der Waals surface area (Å²) in [6.45, 7) is 19.9. The summed E-state index contributed by atoms with van der Waals surface area (Å²) >= 11 is 0. The summed E-state index contributed by atoms with van der Waals surface area (Å²) in [5, 5.41) is 0. The van der Waals surface area contributed by atoms with Crippen molar-refractivity contribution in [3.63, 3.8) is 0 Å². The van der Waals surface area contributed by atoms with Crippen LogP contribution in [-0.2, 0) is 0 Å². The molecule has 0 saturated heterocycles. The van der Waals surface area contributed by atoms with Crippen molar-refractivity contribution in [1.82, 2.24) is 0 Å². The van der Waals surface area contributed by atoms with Gasteiger partial charge in [-0.15, -0.1) is 6.58 Å². The number of allylic oxidation sites excluding steroid dienone is 7. The first kappa shape index (κ1) is 37.8. The lowest BCUT2D eigenvalue weighted by atomic mass is 10.0. The minimum absolute atomic E-state index is 1.08. The Morgan fingerprint density at radius 3 is 1.33 bits per heavy atom. The lowest BCUT2D eigenvalue weighted by molar-refractivity contribution is 1.23. The summed E-state index contributed by atoms with van der Waals surface area (Å²) in [6.07, 6.45) is 16.5. The molecule has 0 bridgehead atoms. The quantitative estimate of drug-likeness (QED) is 0.219. The number of hydrogen-bond donors (Lipinski definition) is 0. The Balaban J connectivity index is 0.000000552. The molecule has 0 heteroatoms. The van der Waals surface area contributed by atoms with Gasteiger partial charge in [-0.2, -0.15) is 0 Å². The average molecular weight is 559 g/mol. The van der Waals surface area contributed by atoms with E-state index in [0.717, 1.165) is 12.8 Å². The summed E-state index contributed by atoms with van der Waals surface area (Å²) < 4.78 is 0. The minimum atomic E-state index is 1.08.